The molecule has 3 unspecified atom stereocenters. The Bertz CT molecular complexity index is 229. The first kappa shape index (κ1) is 12.5. The quantitative estimate of drug-likeness (QED) is 0.710. The standard InChI is InChI=1S/C13H25NO/c1-9-6-7-11(8-10(9)2)12(15)14-13(3,4)5/h9-11H,6-8H2,1-5H3,(H,14,15). The van der Waals surface area contributed by atoms with Gasteiger partial charge in [-0.05, 0) is 51.9 Å². The molecular weight excluding hydrogens is 186 g/mol. The molecular formula is C13H25NO. The summed E-state index contributed by atoms with van der Waals surface area (Å²) in [5.41, 5.74) is -0.0939. The van der Waals surface area contributed by atoms with Crippen LogP contribution < -0.4 is 5.32 Å². The first-order valence-electron chi connectivity index (χ1n) is 6.11. The molecule has 88 valence electrons. The highest BCUT2D eigenvalue weighted by Crippen LogP contribution is 2.33. The smallest absolute Gasteiger partial charge is 0.223 e. The number of carbonyl (C=O) groups excluding carboxylic acids is 1. The summed E-state index contributed by atoms with van der Waals surface area (Å²) >= 11 is 0. The molecule has 2 heteroatoms. The van der Waals surface area contributed by atoms with Gasteiger partial charge in [-0.3, -0.25) is 4.79 Å². The molecule has 0 spiro atoms. The van der Waals surface area contributed by atoms with Crippen molar-refractivity contribution in [2.45, 2.75) is 59.4 Å². The van der Waals surface area contributed by atoms with Crippen molar-refractivity contribution < 1.29 is 4.79 Å². The van der Waals surface area contributed by atoms with Crippen molar-refractivity contribution in [2.24, 2.45) is 17.8 Å². The highest BCUT2D eigenvalue weighted by molar-refractivity contribution is 5.79. The lowest BCUT2D eigenvalue weighted by Gasteiger charge is -2.33. The fourth-order valence-corrected chi connectivity index (χ4v) is 2.26. The predicted molar refractivity (Wildman–Crippen MR) is 63.6 cm³/mol. The van der Waals surface area contributed by atoms with E-state index >= 15 is 0 Å². The Morgan fingerprint density at radius 2 is 1.73 bits per heavy atom. The van der Waals surface area contributed by atoms with Crippen molar-refractivity contribution in [1.29, 1.82) is 0 Å². The summed E-state index contributed by atoms with van der Waals surface area (Å²) in [5, 5.41) is 3.09. The van der Waals surface area contributed by atoms with Crippen LogP contribution >= 0.6 is 0 Å². The second-order valence-electron chi connectivity index (χ2n) is 6.20. The summed E-state index contributed by atoms with van der Waals surface area (Å²) in [6.07, 6.45) is 3.32. The first-order valence-corrected chi connectivity index (χ1v) is 6.11. The fourth-order valence-electron chi connectivity index (χ4n) is 2.26. The minimum atomic E-state index is -0.0939. The van der Waals surface area contributed by atoms with Crippen molar-refractivity contribution in [1.82, 2.24) is 5.32 Å². The van der Waals surface area contributed by atoms with Gasteiger partial charge in [-0.1, -0.05) is 13.8 Å². The van der Waals surface area contributed by atoms with E-state index in [4.69, 9.17) is 0 Å². The van der Waals surface area contributed by atoms with Gasteiger partial charge in [-0.2, -0.15) is 0 Å². The Labute approximate surface area is 93.8 Å². The fraction of sp³-hybridized carbons (Fsp3) is 0.923. The first-order chi connectivity index (χ1) is 6.79. The maximum Gasteiger partial charge on any atom is 0.223 e. The van der Waals surface area contributed by atoms with Gasteiger partial charge in [0.2, 0.25) is 5.91 Å². The van der Waals surface area contributed by atoms with Gasteiger partial charge in [0.25, 0.3) is 0 Å². The van der Waals surface area contributed by atoms with E-state index < -0.39 is 0 Å². The van der Waals surface area contributed by atoms with E-state index in [2.05, 4.69) is 19.2 Å². The van der Waals surface area contributed by atoms with Gasteiger partial charge < -0.3 is 5.32 Å². The second-order valence-corrected chi connectivity index (χ2v) is 6.20. The second kappa shape index (κ2) is 4.54. The lowest BCUT2D eigenvalue weighted by atomic mass is 9.75. The monoisotopic (exact) mass is 211 g/mol. The number of amides is 1. The van der Waals surface area contributed by atoms with Gasteiger partial charge in [0.15, 0.2) is 0 Å². The molecule has 1 N–H and O–H groups in total. The molecule has 3 atom stereocenters. The molecule has 2 nitrogen and oxygen atoms in total. The van der Waals surface area contributed by atoms with Gasteiger partial charge in [0, 0.05) is 11.5 Å². The van der Waals surface area contributed by atoms with Crippen LogP contribution in [0.15, 0.2) is 0 Å². The SMILES string of the molecule is CC1CCC(C(=O)NC(C)(C)C)CC1C. The molecule has 1 aliphatic rings. The average molecular weight is 211 g/mol. The topological polar surface area (TPSA) is 29.1 Å². The van der Waals surface area contributed by atoms with Crippen molar-refractivity contribution in [3.05, 3.63) is 0 Å². The summed E-state index contributed by atoms with van der Waals surface area (Å²) in [6, 6.07) is 0. The summed E-state index contributed by atoms with van der Waals surface area (Å²) < 4.78 is 0. The molecule has 15 heavy (non-hydrogen) atoms. The zero-order chi connectivity index (χ0) is 11.6. The van der Waals surface area contributed by atoms with Gasteiger partial charge in [-0.25, -0.2) is 0 Å². The minimum Gasteiger partial charge on any atom is -0.351 e. The molecule has 0 aromatic carbocycles. The van der Waals surface area contributed by atoms with Gasteiger partial charge >= 0.3 is 0 Å². The lowest BCUT2D eigenvalue weighted by Crippen LogP contribution is -2.45. The third-order valence-corrected chi connectivity index (χ3v) is 3.47. The molecule has 0 aromatic rings. The van der Waals surface area contributed by atoms with Crippen molar-refractivity contribution in [2.75, 3.05) is 0 Å². The highest BCUT2D eigenvalue weighted by atomic mass is 16.2. The molecule has 1 aliphatic carbocycles. The number of carbonyl (C=O) groups is 1. The van der Waals surface area contributed by atoms with Crippen LogP contribution in [0.5, 0.6) is 0 Å². The van der Waals surface area contributed by atoms with Crippen LogP contribution in [-0.4, -0.2) is 11.4 Å². The van der Waals surface area contributed by atoms with E-state index in [0.717, 1.165) is 18.8 Å². The molecule has 0 aromatic heterocycles. The third kappa shape index (κ3) is 3.84. The van der Waals surface area contributed by atoms with Crippen LogP contribution in [0.2, 0.25) is 0 Å². The van der Waals surface area contributed by atoms with Crippen LogP contribution in [-0.2, 0) is 4.79 Å². The molecule has 1 saturated carbocycles. The molecule has 0 aliphatic heterocycles. The van der Waals surface area contributed by atoms with Gasteiger partial charge in [-0.15, -0.1) is 0 Å². The summed E-state index contributed by atoms with van der Waals surface area (Å²) in [5.74, 6) is 1.97. The summed E-state index contributed by atoms with van der Waals surface area (Å²) in [6.45, 7) is 10.7. The van der Waals surface area contributed by atoms with E-state index in [9.17, 15) is 4.79 Å². The van der Waals surface area contributed by atoms with E-state index in [1.165, 1.54) is 6.42 Å². The average Bonchev–Trinajstić information content (AvgIpc) is 2.06. The Kier molecular flexibility index (Phi) is 3.80. The zero-order valence-electron chi connectivity index (χ0n) is 10.8. The van der Waals surface area contributed by atoms with Crippen LogP contribution in [0, 0.1) is 17.8 Å². The summed E-state index contributed by atoms with van der Waals surface area (Å²) in [4.78, 5) is 12.0. The minimum absolute atomic E-state index is 0.0939. The van der Waals surface area contributed by atoms with Crippen LogP contribution in [0.3, 0.4) is 0 Å². The number of hydrogen-bond donors (Lipinski definition) is 1. The maximum atomic E-state index is 12.0. The van der Waals surface area contributed by atoms with Gasteiger partial charge in [0.05, 0.1) is 0 Å². The molecule has 0 saturated heterocycles. The number of hydrogen-bond acceptors (Lipinski definition) is 1. The van der Waals surface area contributed by atoms with E-state index in [1.54, 1.807) is 0 Å². The largest absolute Gasteiger partial charge is 0.351 e. The van der Waals surface area contributed by atoms with E-state index in [-0.39, 0.29) is 17.4 Å². The van der Waals surface area contributed by atoms with Crippen molar-refractivity contribution in [3.8, 4) is 0 Å². The normalized spacial score (nSPS) is 32.5. The molecule has 0 bridgehead atoms. The van der Waals surface area contributed by atoms with Crippen LogP contribution in [0.1, 0.15) is 53.9 Å². The molecule has 0 heterocycles. The zero-order valence-corrected chi connectivity index (χ0v) is 10.8. The van der Waals surface area contributed by atoms with Crippen molar-refractivity contribution in [3.63, 3.8) is 0 Å². The highest BCUT2D eigenvalue weighted by Gasteiger charge is 2.30. The van der Waals surface area contributed by atoms with E-state index in [1.807, 2.05) is 20.8 Å². The Hall–Kier alpha value is -0.530. The van der Waals surface area contributed by atoms with Crippen LogP contribution in [0.25, 0.3) is 0 Å². The number of nitrogens with one attached hydrogen (secondary N) is 1. The molecule has 1 fully saturated rings. The van der Waals surface area contributed by atoms with Crippen molar-refractivity contribution >= 4 is 5.91 Å². The third-order valence-electron chi connectivity index (χ3n) is 3.47. The Morgan fingerprint density at radius 1 is 1.13 bits per heavy atom. The Balaban J connectivity index is 2.48. The van der Waals surface area contributed by atoms with Crippen LogP contribution in [0.4, 0.5) is 0 Å². The molecule has 0 radical (unpaired) electrons. The number of rotatable bonds is 1. The molecule has 1 rings (SSSR count). The predicted octanol–water partition coefficient (Wildman–Crippen LogP) is 2.97. The van der Waals surface area contributed by atoms with E-state index in [0.29, 0.717) is 5.92 Å². The van der Waals surface area contributed by atoms with Gasteiger partial charge in [0.1, 0.15) is 0 Å². The molecule has 1 amide bonds. The maximum absolute atomic E-state index is 12.0. The lowest BCUT2D eigenvalue weighted by molar-refractivity contribution is -0.128. The Morgan fingerprint density at radius 3 is 2.20 bits per heavy atom. The summed E-state index contributed by atoms with van der Waals surface area (Å²) in [7, 11) is 0.